The van der Waals surface area contributed by atoms with E-state index in [1.54, 1.807) is 24.3 Å². The van der Waals surface area contributed by atoms with E-state index in [0.29, 0.717) is 18.7 Å². The van der Waals surface area contributed by atoms with Crippen molar-refractivity contribution < 1.29 is 13.2 Å². The normalized spacial score (nSPS) is 22.1. The fraction of sp³-hybridized carbons (Fsp3) is 0.455. The molecule has 2 rings (SSSR count). The van der Waals surface area contributed by atoms with Gasteiger partial charge in [0.2, 0.25) is 0 Å². The zero-order valence-corrected chi connectivity index (χ0v) is 8.09. The summed E-state index contributed by atoms with van der Waals surface area (Å²) in [6.07, 6.45) is -3.34. The van der Waals surface area contributed by atoms with Gasteiger partial charge in [-0.2, -0.15) is 13.2 Å². The van der Waals surface area contributed by atoms with E-state index in [9.17, 15) is 13.2 Å². The quantitative estimate of drug-likeness (QED) is 0.694. The average Bonchev–Trinajstić information content (AvgIpc) is 2.67. The van der Waals surface area contributed by atoms with Gasteiger partial charge >= 0.3 is 6.18 Å². The van der Waals surface area contributed by atoms with E-state index in [1.165, 1.54) is 4.90 Å². The fourth-order valence-corrected chi connectivity index (χ4v) is 1.98. The van der Waals surface area contributed by atoms with Crippen LogP contribution >= 0.6 is 0 Å². The van der Waals surface area contributed by atoms with Gasteiger partial charge in [-0.3, -0.25) is 0 Å². The van der Waals surface area contributed by atoms with Crippen LogP contribution < -0.4 is 4.90 Å². The maximum atomic E-state index is 12.6. The van der Waals surface area contributed by atoms with E-state index >= 15 is 0 Å². The molecule has 1 fully saturated rings. The number of anilines is 1. The van der Waals surface area contributed by atoms with Gasteiger partial charge in [0.1, 0.15) is 6.04 Å². The molecule has 1 aliphatic rings. The second-order valence-electron chi connectivity index (χ2n) is 3.65. The van der Waals surface area contributed by atoms with Crippen LogP contribution in [0.5, 0.6) is 0 Å². The van der Waals surface area contributed by atoms with Gasteiger partial charge < -0.3 is 4.90 Å². The standard InChI is InChI=1S/C11H11F3N/c12-11(13,14)10-7-4-8-15(10)9-5-2-1-3-6-9/h1-2,5-6,10H,4,7-8H2. The molecule has 1 heterocycles. The molecule has 1 aromatic rings. The first-order valence-electron chi connectivity index (χ1n) is 4.88. The molecule has 0 aliphatic carbocycles. The van der Waals surface area contributed by atoms with Crippen LogP contribution in [0.25, 0.3) is 0 Å². The van der Waals surface area contributed by atoms with Crippen LogP contribution in [-0.2, 0) is 0 Å². The molecule has 4 heteroatoms. The molecule has 15 heavy (non-hydrogen) atoms. The van der Waals surface area contributed by atoms with Gasteiger partial charge in [0.15, 0.2) is 0 Å². The molecule has 0 saturated carbocycles. The van der Waals surface area contributed by atoms with Crippen molar-refractivity contribution in [3.8, 4) is 0 Å². The molecule has 1 aliphatic heterocycles. The van der Waals surface area contributed by atoms with Gasteiger partial charge in [-0.15, -0.1) is 0 Å². The third kappa shape index (κ3) is 2.08. The maximum absolute atomic E-state index is 12.6. The largest absolute Gasteiger partial charge is 0.408 e. The van der Waals surface area contributed by atoms with Crippen molar-refractivity contribution in [1.82, 2.24) is 0 Å². The molecule has 1 aromatic carbocycles. The zero-order valence-electron chi connectivity index (χ0n) is 8.09. The Labute approximate surface area is 86.5 Å². The maximum Gasteiger partial charge on any atom is 0.408 e. The molecule has 0 spiro atoms. The zero-order chi connectivity index (χ0) is 10.9. The summed E-state index contributed by atoms with van der Waals surface area (Å²) in [5.41, 5.74) is 0.609. The number of benzene rings is 1. The lowest BCUT2D eigenvalue weighted by Crippen LogP contribution is -2.41. The van der Waals surface area contributed by atoms with Crippen LogP contribution in [0.15, 0.2) is 24.3 Å². The summed E-state index contributed by atoms with van der Waals surface area (Å²) in [7, 11) is 0. The summed E-state index contributed by atoms with van der Waals surface area (Å²) in [6.45, 7) is 0.474. The van der Waals surface area contributed by atoms with E-state index in [-0.39, 0.29) is 6.42 Å². The molecule has 1 saturated heterocycles. The number of rotatable bonds is 1. The van der Waals surface area contributed by atoms with Crippen molar-refractivity contribution in [2.75, 3.05) is 11.4 Å². The average molecular weight is 214 g/mol. The topological polar surface area (TPSA) is 3.24 Å². The van der Waals surface area contributed by atoms with Crippen molar-refractivity contribution in [2.24, 2.45) is 0 Å². The number of halogens is 3. The Hall–Kier alpha value is -1.19. The second-order valence-corrected chi connectivity index (χ2v) is 3.65. The Morgan fingerprint density at radius 1 is 1.40 bits per heavy atom. The first-order valence-corrected chi connectivity index (χ1v) is 4.88. The summed E-state index contributed by atoms with van der Waals surface area (Å²) in [5.74, 6) is 0. The number of nitrogens with zero attached hydrogens (tertiary/aromatic N) is 1. The minimum absolute atomic E-state index is 0.193. The lowest BCUT2D eigenvalue weighted by molar-refractivity contribution is -0.145. The van der Waals surface area contributed by atoms with E-state index < -0.39 is 12.2 Å². The van der Waals surface area contributed by atoms with Gasteiger partial charge in [-0.1, -0.05) is 12.1 Å². The highest BCUT2D eigenvalue weighted by atomic mass is 19.4. The van der Waals surface area contributed by atoms with E-state index in [1.807, 2.05) is 0 Å². The summed E-state index contributed by atoms with van der Waals surface area (Å²) >= 11 is 0. The third-order valence-corrected chi connectivity index (χ3v) is 2.65. The second kappa shape index (κ2) is 3.76. The molecule has 1 unspecified atom stereocenters. The Morgan fingerprint density at radius 3 is 2.80 bits per heavy atom. The van der Waals surface area contributed by atoms with Crippen molar-refractivity contribution in [3.05, 3.63) is 30.3 Å². The number of hydrogen-bond acceptors (Lipinski definition) is 1. The van der Waals surface area contributed by atoms with Gasteiger partial charge in [0.25, 0.3) is 0 Å². The van der Waals surface area contributed by atoms with Crippen LogP contribution in [0, 0.1) is 6.07 Å². The molecule has 0 bridgehead atoms. The van der Waals surface area contributed by atoms with E-state index in [2.05, 4.69) is 6.07 Å². The highest BCUT2D eigenvalue weighted by molar-refractivity contribution is 5.48. The lowest BCUT2D eigenvalue weighted by Gasteiger charge is -2.28. The van der Waals surface area contributed by atoms with Gasteiger partial charge in [0, 0.05) is 12.2 Å². The Morgan fingerprint density at radius 2 is 2.20 bits per heavy atom. The van der Waals surface area contributed by atoms with Crippen LogP contribution in [0.3, 0.4) is 0 Å². The van der Waals surface area contributed by atoms with Crippen LogP contribution in [0.4, 0.5) is 18.9 Å². The summed E-state index contributed by atoms with van der Waals surface area (Å²) in [4.78, 5) is 1.41. The number of alkyl halides is 3. The molecular weight excluding hydrogens is 203 g/mol. The lowest BCUT2D eigenvalue weighted by atomic mass is 10.2. The Bertz CT molecular complexity index is 320. The molecule has 1 nitrogen and oxygen atoms in total. The molecule has 0 aromatic heterocycles. The third-order valence-electron chi connectivity index (χ3n) is 2.65. The predicted molar refractivity (Wildman–Crippen MR) is 51.7 cm³/mol. The monoisotopic (exact) mass is 214 g/mol. The van der Waals surface area contributed by atoms with E-state index in [0.717, 1.165) is 0 Å². The molecule has 1 atom stereocenters. The van der Waals surface area contributed by atoms with Crippen LogP contribution in [-0.4, -0.2) is 18.8 Å². The first-order chi connectivity index (χ1) is 7.09. The predicted octanol–water partition coefficient (Wildman–Crippen LogP) is 3.02. The Balaban J connectivity index is 2.23. The molecule has 0 amide bonds. The molecular formula is C11H11F3N. The highest BCUT2D eigenvalue weighted by Gasteiger charge is 2.45. The summed E-state index contributed by atoms with van der Waals surface area (Å²) in [5, 5.41) is 0. The minimum atomic E-state index is -4.13. The number of hydrogen-bond donors (Lipinski definition) is 0. The van der Waals surface area contributed by atoms with Crippen molar-refractivity contribution in [3.63, 3.8) is 0 Å². The minimum Gasteiger partial charge on any atom is -0.360 e. The van der Waals surface area contributed by atoms with Gasteiger partial charge in [0.05, 0.1) is 0 Å². The summed E-state index contributed by atoms with van der Waals surface area (Å²) in [6, 6.07) is 8.16. The SMILES string of the molecule is FC(F)(F)C1CCCN1c1c[c]ccc1. The van der Waals surface area contributed by atoms with Crippen LogP contribution in [0.2, 0.25) is 0 Å². The van der Waals surface area contributed by atoms with Crippen LogP contribution in [0.1, 0.15) is 12.8 Å². The van der Waals surface area contributed by atoms with Crippen molar-refractivity contribution in [1.29, 1.82) is 0 Å². The summed E-state index contributed by atoms with van der Waals surface area (Å²) < 4.78 is 37.9. The smallest absolute Gasteiger partial charge is 0.360 e. The Kier molecular flexibility index (Phi) is 2.59. The molecule has 1 radical (unpaired) electrons. The first kappa shape index (κ1) is 10.3. The highest BCUT2D eigenvalue weighted by Crippen LogP contribution is 2.35. The van der Waals surface area contributed by atoms with E-state index in [4.69, 9.17) is 0 Å². The van der Waals surface area contributed by atoms with Gasteiger partial charge in [-0.05, 0) is 31.0 Å². The molecule has 81 valence electrons. The van der Waals surface area contributed by atoms with Crippen molar-refractivity contribution >= 4 is 5.69 Å². The van der Waals surface area contributed by atoms with Gasteiger partial charge in [-0.25, -0.2) is 0 Å². The molecule has 0 N–H and O–H groups in total. The fourth-order valence-electron chi connectivity index (χ4n) is 1.98. The van der Waals surface area contributed by atoms with Crippen molar-refractivity contribution in [2.45, 2.75) is 25.1 Å².